The molecule has 0 atom stereocenters. The summed E-state index contributed by atoms with van der Waals surface area (Å²) in [5.74, 6) is 6.69. The zero-order valence-corrected chi connectivity index (χ0v) is 17.3. The molecule has 3 rings (SSSR count). The van der Waals surface area contributed by atoms with Crippen LogP contribution in [0.1, 0.15) is 39.8 Å². The number of nitrogens with zero attached hydrogens (tertiary/aromatic N) is 2. The summed E-state index contributed by atoms with van der Waals surface area (Å²) in [5, 5.41) is 2.97. The van der Waals surface area contributed by atoms with Crippen molar-refractivity contribution >= 4 is 23.3 Å². The molecule has 1 amide bonds. The van der Waals surface area contributed by atoms with E-state index >= 15 is 0 Å². The summed E-state index contributed by atoms with van der Waals surface area (Å²) in [6, 6.07) is 10.9. The fraction of sp³-hybridized carbons (Fsp3) is 0.174. The second-order valence-electron chi connectivity index (χ2n) is 6.43. The van der Waals surface area contributed by atoms with E-state index in [9.17, 15) is 4.79 Å². The number of nitrogens with two attached hydrogens (primary N) is 1. The summed E-state index contributed by atoms with van der Waals surface area (Å²) in [5.41, 5.74) is 11.2. The second kappa shape index (κ2) is 8.76. The molecule has 3 aromatic rings. The van der Waals surface area contributed by atoms with Gasteiger partial charge in [-0.25, -0.2) is 4.98 Å². The van der Waals surface area contributed by atoms with E-state index in [2.05, 4.69) is 27.1 Å². The van der Waals surface area contributed by atoms with E-state index in [1.165, 1.54) is 0 Å². The lowest BCUT2D eigenvalue weighted by molar-refractivity contribution is 0.0963. The Morgan fingerprint density at radius 2 is 2.00 bits per heavy atom. The Morgan fingerprint density at radius 1 is 1.21 bits per heavy atom. The van der Waals surface area contributed by atoms with Crippen LogP contribution in [0, 0.1) is 18.8 Å². The normalized spacial score (nSPS) is 10.2. The van der Waals surface area contributed by atoms with Crippen molar-refractivity contribution in [3.8, 4) is 23.0 Å². The van der Waals surface area contributed by atoms with Gasteiger partial charge in [-0.05, 0) is 49.2 Å². The number of pyridine rings is 2. The molecule has 0 aliphatic carbocycles. The number of nitrogen functional groups attached to an aromatic ring is 1. The molecule has 2 aromatic heterocycles. The van der Waals surface area contributed by atoms with Crippen molar-refractivity contribution in [2.45, 2.75) is 20.3 Å². The number of anilines is 1. The van der Waals surface area contributed by atoms with Gasteiger partial charge in [-0.15, -0.1) is 0 Å². The Labute approximate surface area is 175 Å². The first kappa shape index (κ1) is 20.4. The number of nitrogens with one attached hydrogen (secondary N) is 1. The first-order valence-corrected chi connectivity index (χ1v) is 9.57. The quantitative estimate of drug-likeness (QED) is 0.646. The fourth-order valence-electron chi connectivity index (χ4n) is 3.00. The van der Waals surface area contributed by atoms with Crippen LogP contribution in [0.4, 0.5) is 5.82 Å². The van der Waals surface area contributed by atoms with E-state index in [0.717, 1.165) is 40.1 Å². The van der Waals surface area contributed by atoms with Crippen molar-refractivity contribution in [2.24, 2.45) is 0 Å². The van der Waals surface area contributed by atoms with Crippen molar-refractivity contribution in [2.75, 3.05) is 12.8 Å². The standard InChI is InChI=1S/C23H21ClN4O/c1-4-21-18(8-5-15-7-10-22(25)28-14(15)2)17(11-12-27-21)16-6-9-19(20(24)13-16)23(29)26-3/h6-7,9-13H,4H2,1-3H3,(H2,25,28)(H,26,29). The molecule has 0 aliphatic rings. The van der Waals surface area contributed by atoms with Crippen molar-refractivity contribution in [3.05, 3.63) is 75.7 Å². The minimum Gasteiger partial charge on any atom is -0.384 e. The number of aromatic nitrogens is 2. The molecule has 0 aliphatic heterocycles. The zero-order valence-electron chi connectivity index (χ0n) is 16.5. The number of benzene rings is 1. The topological polar surface area (TPSA) is 80.9 Å². The highest BCUT2D eigenvalue weighted by Crippen LogP contribution is 2.29. The molecule has 0 saturated heterocycles. The van der Waals surface area contributed by atoms with Gasteiger partial charge in [-0.3, -0.25) is 9.78 Å². The van der Waals surface area contributed by atoms with Gasteiger partial charge in [0.2, 0.25) is 0 Å². The summed E-state index contributed by atoms with van der Waals surface area (Å²) in [6.45, 7) is 3.91. The average Bonchev–Trinajstić information content (AvgIpc) is 2.72. The first-order valence-electron chi connectivity index (χ1n) is 9.19. The molecule has 0 spiro atoms. The van der Waals surface area contributed by atoms with Gasteiger partial charge >= 0.3 is 0 Å². The summed E-state index contributed by atoms with van der Waals surface area (Å²) in [6.07, 6.45) is 2.50. The van der Waals surface area contributed by atoms with Gasteiger partial charge in [-0.1, -0.05) is 36.4 Å². The number of rotatable bonds is 3. The third-order valence-corrected chi connectivity index (χ3v) is 4.86. The molecule has 0 fully saturated rings. The first-order chi connectivity index (χ1) is 13.9. The number of aryl methyl sites for hydroxylation is 2. The third kappa shape index (κ3) is 4.39. The molecule has 1 aromatic carbocycles. The van der Waals surface area contributed by atoms with Gasteiger partial charge in [0.05, 0.1) is 27.5 Å². The monoisotopic (exact) mass is 404 g/mol. The zero-order chi connectivity index (χ0) is 21.0. The van der Waals surface area contributed by atoms with E-state index in [-0.39, 0.29) is 5.91 Å². The Balaban J connectivity index is 2.12. The predicted molar refractivity (Wildman–Crippen MR) is 117 cm³/mol. The molecule has 0 bridgehead atoms. The molecule has 3 N–H and O–H groups in total. The highest BCUT2D eigenvalue weighted by atomic mass is 35.5. The van der Waals surface area contributed by atoms with Gasteiger partial charge in [0.1, 0.15) is 5.82 Å². The Kier molecular flexibility index (Phi) is 6.16. The van der Waals surface area contributed by atoms with E-state index in [4.69, 9.17) is 17.3 Å². The van der Waals surface area contributed by atoms with Gasteiger partial charge in [0.15, 0.2) is 0 Å². The van der Waals surface area contributed by atoms with Crippen LogP contribution in [0.15, 0.2) is 42.6 Å². The Bertz CT molecular complexity index is 1150. The number of hydrogen-bond acceptors (Lipinski definition) is 4. The van der Waals surface area contributed by atoms with E-state index < -0.39 is 0 Å². The molecule has 0 saturated carbocycles. The van der Waals surface area contributed by atoms with Crippen LogP contribution in [0.2, 0.25) is 5.02 Å². The van der Waals surface area contributed by atoms with Crippen LogP contribution < -0.4 is 11.1 Å². The van der Waals surface area contributed by atoms with Crippen LogP contribution in [0.3, 0.4) is 0 Å². The number of carbonyl (C=O) groups excluding carboxylic acids is 1. The molecule has 2 heterocycles. The molecular formula is C23H21ClN4O. The fourth-order valence-corrected chi connectivity index (χ4v) is 3.26. The number of halogens is 1. The maximum atomic E-state index is 11.9. The predicted octanol–water partition coefficient (Wildman–Crippen LogP) is 4.01. The van der Waals surface area contributed by atoms with Crippen LogP contribution in [-0.4, -0.2) is 22.9 Å². The van der Waals surface area contributed by atoms with Crippen LogP contribution in [0.25, 0.3) is 11.1 Å². The molecule has 6 heteroatoms. The van der Waals surface area contributed by atoms with E-state index in [0.29, 0.717) is 16.4 Å². The number of hydrogen-bond donors (Lipinski definition) is 2. The SMILES string of the molecule is CCc1nccc(-c2ccc(C(=O)NC)c(Cl)c2)c1C#Cc1ccc(N)nc1C. The van der Waals surface area contributed by atoms with Crippen molar-refractivity contribution in [3.63, 3.8) is 0 Å². The molecule has 0 unspecified atom stereocenters. The minimum absolute atomic E-state index is 0.225. The van der Waals surface area contributed by atoms with Crippen molar-refractivity contribution < 1.29 is 4.79 Å². The second-order valence-corrected chi connectivity index (χ2v) is 6.83. The maximum Gasteiger partial charge on any atom is 0.252 e. The third-order valence-electron chi connectivity index (χ3n) is 4.55. The largest absolute Gasteiger partial charge is 0.384 e. The van der Waals surface area contributed by atoms with Crippen LogP contribution >= 0.6 is 11.6 Å². The molecule has 29 heavy (non-hydrogen) atoms. The van der Waals surface area contributed by atoms with Gasteiger partial charge in [-0.2, -0.15) is 0 Å². The molecule has 146 valence electrons. The van der Waals surface area contributed by atoms with E-state index in [1.54, 1.807) is 31.4 Å². The van der Waals surface area contributed by atoms with Crippen LogP contribution in [0.5, 0.6) is 0 Å². The van der Waals surface area contributed by atoms with Gasteiger partial charge < -0.3 is 11.1 Å². The van der Waals surface area contributed by atoms with Gasteiger partial charge in [0.25, 0.3) is 5.91 Å². The smallest absolute Gasteiger partial charge is 0.252 e. The Hall–Kier alpha value is -3.36. The Morgan fingerprint density at radius 3 is 2.66 bits per heavy atom. The number of carbonyl (C=O) groups is 1. The van der Waals surface area contributed by atoms with Crippen LogP contribution in [-0.2, 0) is 6.42 Å². The average molecular weight is 405 g/mol. The lowest BCUT2D eigenvalue weighted by Gasteiger charge is -2.11. The summed E-state index contributed by atoms with van der Waals surface area (Å²) in [4.78, 5) is 20.7. The lowest BCUT2D eigenvalue weighted by Crippen LogP contribution is -2.18. The summed E-state index contributed by atoms with van der Waals surface area (Å²) < 4.78 is 0. The summed E-state index contributed by atoms with van der Waals surface area (Å²) >= 11 is 6.35. The minimum atomic E-state index is -0.225. The highest BCUT2D eigenvalue weighted by molar-refractivity contribution is 6.34. The summed E-state index contributed by atoms with van der Waals surface area (Å²) in [7, 11) is 1.57. The highest BCUT2D eigenvalue weighted by Gasteiger charge is 2.13. The van der Waals surface area contributed by atoms with Gasteiger partial charge in [0, 0.05) is 24.4 Å². The van der Waals surface area contributed by atoms with Crippen molar-refractivity contribution in [1.29, 1.82) is 0 Å². The molecule has 0 radical (unpaired) electrons. The molecular weight excluding hydrogens is 384 g/mol. The number of amides is 1. The van der Waals surface area contributed by atoms with Crippen molar-refractivity contribution in [1.82, 2.24) is 15.3 Å². The molecule has 5 nitrogen and oxygen atoms in total. The van der Waals surface area contributed by atoms with E-state index in [1.807, 2.05) is 32.0 Å². The lowest BCUT2D eigenvalue weighted by atomic mass is 9.97. The maximum absolute atomic E-state index is 11.9.